The molecular weight excluding hydrogens is 413 g/mol. The number of nitrogens with one attached hydrogen (secondary N) is 1. The lowest BCUT2D eigenvalue weighted by atomic mass is 9.83. The summed E-state index contributed by atoms with van der Waals surface area (Å²) < 4.78 is 54.1. The van der Waals surface area contributed by atoms with E-state index < -0.39 is 16.5 Å². The lowest BCUT2D eigenvalue weighted by Gasteiger charge is -2.34. The minimum absolute atomic E-state index is 0.0700. The second kappa shape index (κ2) is 9.74. The molecule has 0 aliphatic carbocycles. The van der Waals surface area contributed by atoms with E-state index >= 15 is 0 Å². The highest BCUT2D eigenvalue weighted by Crippen LogP contribution is 2.40. The number of benzene rings is 2. The second-order valence-corrected chi connectivity index (χ2v) is 8.46. The highest BCUT2D eigenvalue weighted by molar-refractivity contribution is 7.81. The van der Waals surface area contributed by atoms with Gasteiger partial charge in [0.1, 0.15) is 5.82 Å². The van der Waals surface area contributed by atoms with Crippen molar-refractivity contribution < 1.29 is 31.4 Å². The van der Waals surface area contributed by atoms with E-state index in [1.54, 1.807) is 18.2 Å². The van der Waals surface area contributed by atoms with E-state index in [2.05, 4.69) is 9.50 Å². The summed E-state index contributed by atoms with van der Waals surface area (Å²) in [6, 6.07) is 11.2. The molecule has 3 atom stereocenters. The van der Waals surface area contributed by atoms with Crippen molar-refractivity contribution in [3.8, 4) is 11.5 Å². The fourth-order valence-corrected chi connectivity index (χ4v) is 4.31. The minimum Gasteiger partial charge on any atom is -0.492 e. The molecule has 0 amide bonds. The van der Waals surface area contributed by atoms with Gasteiger partial charge in [-0.3, -0.25) is 4.55 Å². The highest BCUT2D eigenvalue weighted by atomic mass is 32.3. The van der Waals surface area contributed by atoms with E-state index in [1.807, 2.05) is 0 Å². The van der Waals surface area contributed by atoms with Gasteiger partial charge in [0, 0.05) is 11.6 Å². The van der Waals surface area contributed by atoms with Gasteiger partial charge in [0.25, 0.3) is 0 Å². The van der Waals surface area contributed by atoms with Crippen LogP contribution in [-0.4, -0.2) is 37.8 Å². The van der Waals surface area contributed by atoms with Crippen molar-refractivity contribution in [2.45, 2.75) is 37.8 Å². The van der Waals surface area contributed by atoms with Crippen LogP contribution in [0.15, 0.2) is 42.5 Å². The van der Waals surface area contributed by atoms with Gasteiger partial charge in [0.2, 0.25) is 0 Å². The van der Waals surface area contributed by atoms with Gasteiger partial charge in [-0.15, -0.1) is 0 Å². The first-order valence-electron chi connectivity index (χ1n) is 9.76. The molecule has 1 saturated heterocycles. The third-order valence-electron chi connectivity index (χ3n) is 5.40. The minimum atomic E-state index is -4.72. The maximum Gasteiger partial charge on any atom is 0.446 e. The molecule has 0 spiro atoms. The van der Waals surface area contributed by atoms with Crippen LogP contribution < -0.4 is 14.2 Å². The average Bonchev–Trinajstić information content (AvgIpc) is 2.71. The van der Waals surface area contributed by atoms with Gasteiger partial charge in [0.05, 0.1) is 13.2 Å². The molecule has 3 rings (SSSR count). The zero-order valence-electron chi connectivity index (χ0n) is 16.6. The first-order valence-corrected chi connectivity index (χ1v) is 11.1. The fourth-order valence-electron chi connectivity index (χ4n) is 3.96. The van der Waals surface area contributed by atoms with E-state index in [-0.39, 0.29) is 29.3 Å². The summed E-state index contributed by atoms with van der Waals surface area (Å²) in [5, 5.41) is 14.5. The summed E-state index contributed by atoms with van der Waals surface area (Å²) in [6.07, 6.45) is 2.20. The zero-order chi connectivity index (χ0) is 21.7. The smallest absolute Gasteiger partial charge is 0.446 e. The fraction of sp³-hybridized carbons (Fsp3) is 0.429. The van der Waals surface area contributed by atoms with Crippen LogP contribution in [0.5, 0.6) is 11.5 Å². The molecule has 1 aliphatic heterocycles. The van der Waals surface area contributed by atoms with Gasteiger partial charge in [-0.1, -0.05) is 24.3 Å². The molecule has 0 radical (unpaired) electrons. The van der Waals surface area contributed by atoms with Crippen LogP contribution in [-0.2, 0) is 16.8 Å². The number of hydrogen-bond donors (Lipinski definition) is 3. The number of piperidine rings is 1. The molecule has 2 aromatic carbocycles. The third-order valence-corrected chi connectivity index (χ3v) is 5.79. The van der Waals surface area contributed by atoms with E-state index in [0.717, 1.165) is 37.8 Å². The molecule has 0 aromatic heterocycles. The molecule has 0 saturated carbocycles. The van der Waals surface area contributed by atoms with Crippen LogP contribution in [0.2, 0.25) is 0 Å². The van der Waals surface area contributed by atoms with Gasteiger partial charge in [-0.25, -0.2) is 4.39 Å². The third kappa shape index (κ3) is 5.91. The number of para-hydroxylation sites is 1. The van der Waals surface area contributed by atoms with Crippen molar-refractivity contribution in [1.82, 2.24) is 5.32 Å². The molecular formula is C21H26FNO6S. The normalized spacial score (nSPS) is 20.5. The topological polar surface area (TPSA) is 105 Å². The molecule has 3 unspecified atom stereocenters. The molecule has 0 bridgehead atoms. The molecule has 2 aromatic rings. The van der Waals surface area contributed by atoms with Gasteiger partial charge in [0.15, 0.2) is 11.5 Å². The Morgan fingerprint density at radius 2 is 1.97 bits per heavy atom. The molecule has 1 fully saturated rings. The Morgan fingerprint density at radius 1 is 1.23 bits per heavy atom. The van der Waals surface area contributed by atoms with Crippen LogP contribution in [0.4, 0.5) is 4.39 Å². The lowest BCUT2D eigenvalue weighted by molar-refractivity contribution is 0.0742. The lowest BCUT2D eigenvalue weighted by Crippen LogP contribution is -2.40. The molecule has 3 N–H and O–H groups in total. The van der Waals surface area contributed by atoms with Gasteiger partial charge in [-0.05, 0) is 61.9 Å². The summed E-state index contributed by atoms with van der Waals surface area (Å²) in [5.74, 6) is -0.436. The number of halogens is 1. The van der Waals surface area contributed by atoms with Crippen LogP contribution in [0.1, 0.15) is 36.5 Å². The molecule has 30 heavy (non-hydrogen) atoms. The largest absolute Gasteiger partial charge is 0.492 e. The molecule has 7 nitrogen and oxygen atoms in total. The molecule has 164 valence electrons. The summed E-state index contributed by atoms with van der Waals surface area (Å²) in [4.78, 5) is 0. The Kier molecular flexibility index (Phi) is 7.30. The molecule has 1 aliphatic rings. The van der Waals surface area contributed by atoms with Crippen molar-refractivity contribution in [3.63, 3.8) is 0 Å². The van der Waals surface area contributed by atoms with Gasteiger partial charge >= 0.3 is 10.4 Å². The van der Waals surface area contributed by atoms with Crippen molar-refractivity contribution in [2.24, 2.45) is 5.92 Å². The van der Waals surface area contributed by atoms with Gasteiger partial charge < -0.3 is 19.3 Å². The first kappa shape index (κ1) is 22.5. The Balaban J connectivity index is 1.69. The maximum absolute atomic E-state index is 13.1. The predicted molar refractivity (Wildman–Crippen MR) is 109 cm³/mol. The van der Waals surface area contributed by atoms with E-state index in [0.29, 0.717) is 5.56 Å². The number of aliphatic hydroxyl groups is 1. The van der Waals surface area contributed by atoms with Crippen molar-refractivity contribution in [1.29, 1.82) is 0 Å². The SMILES string of the molecule is COc1c(OS(=O)(=O)O)cccc1C(O)C1CCNC(CCc2ccc(F)cc2)C1. The zero-order valence-corrected chi connectivity index (χ0v) is 17.4. The van der Waals surface area contributed by atoms with E-state index in [9.17, 15) is 17.9 Å². The highest BCUT2D eigenvalue weighted by Gasteiger charge is 2.31. The van der Waals surface area contributed by atoms with Crippen LogP contribution >= 0.6 is 0 Å². The quantitative estimate of drug-likeness (QED) is 0.543. The monoisotopic (exact) mass is 439 g/mol. The second-order valence-electron chi connectivity index (χ2n) is 7.44. The summed E-state index contributed by atoms with van der Waals surface area (Å²) in [7, 11) is -3.37. The van der Waals surface area contributed by atoms with E-state index in [4.69, 9.17) is 9.29 Å². The van der Waals surface area contributed by atoms with Crippen molar-refractivity contribution >= 4 is 10.4 Å². The first-order chi connectivity index (χ1) is 14.3. The summed E-state index contributed by atoms with van der Waals surface area (Å²) in [6.45, 7) is 0.735. The number of aryl methyl sites for hydroxylation is 1. The maximum atomic E-state index is 13.1. The molecule has 9 heteroatoms. The number of aliphatic hydroxyl groups excluding tert-OH is 1. The number of hydrogen-bond acceptors (Lipinski definition) is 6. The number of ether oxygens (including phenoxy) is 1. The Morgan fingerprint density at radius 3 is 2.63 bits per heavy atom. The van der Waals surface area contributed by atoms with Crippen LogP contribution in [0.3, 0.4) is 0 Å². The van der Waals surface area contributed by atoms with Gasteiger partial charge in [-0.2, -0.15) is 8.42 Å². The molecule has 1 heterocycles. The average molecular weight is 440 g/mol. The Bertz CT molecular complexity index is 950. The van der Waals surface area contributed by atoms with Crippen LogP contribution in [0.25, 0.3) is 0 Å². The summed E-state index contributed by atoms with van der Waals surface area (Å²) in [5.41, 5.74) is 1.46. The summed E-state index contributed by atoms with van der Waals surface area (Å²) >= 11 is 0. The Hall–Kier alpha value is -2.20. The number of methoxy groups -OCH3 is 1. The Labute approximate surface area is 175 Å². The van der Waals surface area contributed by atoms with Crippen molar-refractivity contribution in [3.05, 3.63) is 59.4 Å². The van der Waals surface area contributed by atoms with Crippen LogP contribution in [0, 0.1) is 11.7 Å². The van der Waals surface area contributed by atoms with E-state index in [1.165, 1.54) is 31.4 Å². The standard InChI is InChI=1S/C21H26FNO6S/c1-28-21-18(3-2-4-19(21)29-30(25,26)27)20(24)15-11-12-23-17(13-15)10-7-14-5-8-16(22)9-6-14/h2-6,8-9,15,17,20,23-24H,7,10-13H2,1H3,(H,25,26,27). The predicted octanol–water partition coefficient (Wildman–Crippen LogP) is 3.05. The number of rotatable bonds is 8. The van der Waals surface area contributed by atoms with Crippen molar-refractivity contribution in [2.75, 3.05) is 13.7 Å².